The Labute approximate surface area is 148 Å². The molecule has 0 spiro atoms. The molecule has 1 fully saturated rings. The number of carbonyl (C=O) groups is 1. The molecule has 5 heteroatoms. The van der Waals surface area contributed by atoms with E-state index < -0.39 is 0 Å². The molecule has 25 heavy (non-hydrogen) atoms. The molecule has 3 rings (SSSR count). The zero-order valence-electron chi connectivity index (χ0n) is 14.4. The number of benzene rings is 1. The van der Waals surface area contributed by atoms with Gasteiger partial charge in [0.25, 0.3) is 0 Å². The van der Waals surface area contributed by atoms with Crippen molar-refractivity contribution in [2.24, 2.45) is 0 Å². The largest absolute Gasteiger partial charge is 0.454 e. The molecule has 0 bridgehead atoms. The molecule has 0 radical (unpaired) electrons. The lowest BCUT2D eigenvalue weighted by atomic mass is 10.1. The summed E-state index contributed by atoms with van der Waals surface area (Å²) in [5.74, 6) is 1.59. The van der Waals surface area contributed by atoms with Crippen molar-refractivity contribution in [2.75, 3.05) is 19.9 Å². The summed E-state index contributed by atoms with van der Waals surface area (Å²) in [5, 5.41) is 2.86. The van der Waals surface area contributed by atoms with Gasteiger partial charge in [0.2, 0.25) is 12.7 Å². The van der Waals surface area contributed by atoms with Crippen molar-refractivity contribution in [3.05, 3.63) is 48.1 Å². The second kappa shape index (κ2) is 9.28. The van der Waals surface area contributed by atoms with Crippen molar-refractivity contribution < 1.29 is 19.0 Å². The van der Waals surface area contributed by atoms with Crippen LogP contribution in [0.1, 0.15) is 31.2 Å². The number of rotatable bonds is 8. The van der Waals surface area contributed by atoms with Crippen LogP contribution in [-0.4, -0.2) is 32.0 Å². The number of nitrogens with one attached hydrogen (secondary N) is 1. The molecule has 2 aliphatic heterocycles. The molecule has 0 aromatic heterocycles. The van der Waals surface area contributed by atoms with E-state index in [1.165, 1.54) is 5.56 Å². The number of hydrogen-bond acceptors (Lipinski definition) is 4. The van der Waals surface area contributed by atoms with Crippen molar-refractivity contribution in [2.45, 2.75) is 38.2 Å². The minimum Gasteiger partial charge on any atom is -0.454 e. The Hall–Kier alpha value is -2.27. The topological polar surface area (TPSA) is 56.8 Å². The molecule has 1 aromatic carbocycles. The minimum atomic E-state index is -0.0690. The first-order valence-electron chi connectivity index (χ1n) is 8.92. The Kier molecular flexibility index (Phi) is 6.51. The van der Waals surface area contributed by atoms with Crippen LogP contribution >= 0.6 is 0 Å². The predicted molar refractivity (Wildman–Crippen MR) is 95.8 cm³/mol. The monoisotopic (exact) mass is 343 g/mol. The molecule has 1 aromatic rings. The minimum absolute atomic E-state index is 0.0690. The molecule has 2 heterocycles. The van der Waals surface area contributed by atoms with Crippen LogP contribution in [0.15, 0.2) is 42.5 Å². The van der Waals surface area contributed by atoms with Crippen molar-refractivity contribution in [3.63, 3.8) is 0 Å². The molecular formula is C20H25NO4. The molecule has 1 N–H and O–H groups in total. The van der Waals surface area contributed by atoms with Gasteiger partial charge in [0, 0.05) is 19.2 Å². The van der Waals surface area contributed by atoms with E-state index in [0.29, 0.717) is 13.3 Å². The summed E-state index contributed by atoms with van der Waals surface area (Å²) < 4.78 is 16.2. The summed E-state index contributed by atoms with van der Waals surface area (Å²) in [5.41, 5.74) is 1.25. The molecule has 1 unspecified atom stereocenters. The van der Waals surface area contributed by atoms with E-state index in [1.54, 1.807) is 12.2 Å². The number of ether oxygens (including phenoxy) is 3. The number of hydrogen-bond donors (Lipinski definition) is 1. The molecule has 2 aliphatic rings. The number of aryl methyl sites for hydroxylation is 1. The third kappa shape index (κ3) is 5.64. The SMILES string of the molecule is O=C(C=CC=CCCCc1ccc2c(c1)OCO2)NCC1CCCO1. The summed E-state index contributed by atoms with van der Waals surface area (Å²) in [6.07, 6.45) is 12.7. The van der Waals surface area contributed by atoms with Gasteiger partial charge in [-0.2, -0.15) is 0 Å². The van der Waals surface area contributed by atoms with Crippen LogP contribution in [0.4, 0.5) is 0 Å². The number of allylic oxidation sites excluding steroid dienone is 3. The van der Waals surface area contributed by atoms with Gasteiger partial charge in [-0.3, -0.25) is 4.79 Å². The van der Waals surface area contributed by atoms with Gasteiger partial charge < -0.3 is 19.5 Å². The molecule has 0 aliphatic carbocycles. The van der Waals surface area contributed by atoms with E-state index >= 15 is 0 Å². The van der Waals surface area contributed by atoms with Crippen LogP contribution in [-0.2, 0) is 16.0 Å². The van der Waals surface area contributed by atoms with E-state index in [4.69, 9.17) is 14.2 Å². The van der Waals surface area contributed by atoms with Gasteiger partial charge in [-0.05, 0) is 49.8 Å². The van der Waals surface area contributed by atoms with E-state index in [0.717, 1.165) is 50.2 Å². The van der Waals surface area contributed by atoms with Crippen LogP contribution in [0.2, 0.25) is 0 Å². The Morgan fingerprint density at radius 3 is 3.04 bits per heavy atom. The molecule has 1 saturated heterocycles. The second-order valence-electron chi connectivity index (χ2n) is 6.25. The molecule has 1 atom stereocenters. The maximum atomic E-state index is 11.7. The Morgan fingerprint density at radius 1 is 1.24 bits per heavy atom. The molecule has 0 saturated carbocycles. The fraction of sp³-hybridized carbons (Fsp3) is 0.450. The van der Waals surface area contributed by atoms with E-state index in [2.05, 4.69) is 17.5 Å². The average molecular weight is 343 g/mol. The maximum absolute atomic E-state index is 11.7. The Balaban J connectivity index is 1.28. The first-order valence-corrected chi connectivity index (χ1v) is 8.92. The zero-order valence-corrected chi connectivity index (χ0v) is 14.4. The summed E-state index contributed by atoms with van der Waals surface area (Å²) in [6, 6.07) is 6.09. The molecular weight excluding hydrogens is 318 g/mol. The van der Waals surface area contributed by atoms with Gasteiger partial charge in [-0.15, -0.1) is 0 Å². The highest BCUT2D eigenvalue weighted by Crippen LogP contribution is 2.32. The average Bonchev–Trinajstić information content (AvgIpc) is 3.30. The van der Waals surface area contributed by atoms with Crippen LogP contribution < -0.4 is 14.8 Å². The van der Waals surface area contributed by atoms with Gasteiger partial charge in [-0.25, -0.2) is 0 Å². The normalized spacial score (nSPS) is 19.1. The molecule has 5 nitrogen and oxygen atoms in total. The lowest BCUT2D eigenvalue weighted by Crippen LogP contribution is -2.30. The van der Waals surface area contributed by atoms with Crippen molar-refractivity contribution in [1.82, 2.24) is 5.32 Å². The maximum Gasteiger partial charge on any atom is 0.244 e. The van der Waals surface area contributed by atoms with Crippen molar-refractivity contribution in [3.8, 4) is 11.5 Å². The van der Waals surface area contributed by atoms with Gasteiger partial charge in [-0.1, -0.05) is 24.3 Å². The Morgan fingerprint density at radius 2 is 2.16 bits per heavy atom. The summed E-state index contributed by atoms with van der Waals surface area (Å²) in [4.78, 5) is 11.7. The van der Waals surface area contributed by atoms with E-state index in [1.807, 2.05) is 18.2 Å². The standard InChI is InChI=1S/C20H25NO4/c22-20(21-14-17-8-6-12-23-17)9-5-3-1-2-4-7-16-10-11-18-19(13-16)25-15-24-18/h1,3,5,9-11,13,17H,2,4,6-8,12,14-15H2,(H,21,22). The molecule has 1 amide bonds. The highest BCUT2D eigenvalue weighted by atomic mass is 16.7. The van der Waals surface area contributed by atoms with Crippen molar-refractivity contribution in [1.29, 1.82) is 0 Å². The molecule has 134 valence electrons. The number of amides is 1. The summed E-state index contributed by atoms with van der Waals surface area (Å²) in [7, 11) is 0. The summed E-state index contributed by atoms with van der Waals surface area (Å²) in [6.45, 7) is 1.73. The third-order valence-electron chi connectivity index (χ3n) is 4.30. The van der Waals surface area contributed by atoms with Crippen LogP contribution in [0.25, 0.3) is 0 Å². The lowest BCUT2D eigenvalue weighted by Gasteiger charge is -2.08. The number of fused-ring (bicyclic) bond motifs is 1. The quantitative estimate of drug-likeness (QED) is 0.448. The van der Waals surface area contributed by atoms with Gasteiger partial charge in [0.05, 0.1) is 6.10 Å². The van der Waals surface area contributed by atoms with Crippen LogP contribution in [0.3, 0.4) is 0 Å². The highest BCUT2D eigenvalue weighted by Gasteiger charge is 2.15. The highest BCUT2D eigenvalue weighted by molar-refractivity contribution is 5.87. The van der Waals surface area contributed by atoms with Gasteiger partial charge in [0.15, 0.2) is 11.5 Å². The number of unbranched alkanes of at least 4 members (excludes halogenated alkanes) is 1. The van der Waals surface area contributed by atoms with E-state index in [-0.39, 0.29) is 12.0 Å². The fourth-order valence-electron chi connectivity index (χ4n) is 2.92. The third-order valence-corrected chi connectivity index (χ3v) is 4.30. The van der Waals surface area contributed by atoms with Gasteiger partial charge >= 0.3 is 0 Å². The smallest absolute Gasteiger partial charge is 0.244 e. The van der Waals surface area contributed by atoms with Gasteiger partial charge in [0.1, 0.15) is 0 Å². The first-order chi connectivity index (χ1) is 12.3. The predicted octanol–water partition coefficient (Wildman–Crippen LogP) is 3.15. The fourth-order valence-corrected chi connectivity index (χ4v) is 2.92. The van der Waals surface area contributed by atoms with E-state index in [9.17, 15) is 4.79 Å². The Bertz CT molecular complexity index is 633. The first kappa shape index (κ1) is 17.5. The summed E-state index contributed by atoms with van der Waals surface area (Å²) >= 11 is 0. The van der Waals surface area contributed by atoms with Crippen LogP contribution in [0.5, 0.6) is 11.5 Å². The second-order valence-corrected chi connectivity index (χ2v) is 6.25. The lowest BCUT2D eigenvalue weighted by molar-refractivity contribution is -0.117. The zero-order chi connectivity index (χ0) is 17.3. The van der Waals surface area contributed by atoms with Crippen molar-refractivity contribution >= 4 is 5.91 Å². The van der Waals surface area contributed by atoms with Crippen LogP contribution in [0, 0.1) is 0 Å². The number of carbonyl (C=O) groups excluding carboxylic acids is 1.